The second-order valence-electron chi connectivity index (χ2n) is 4.90. The van der Waals surface area contributed by atoms with Crippen LogP contribution in [0.4, 0.5) is 5.69 Å². The largest absolute Gasteiger partial charge is 0.371 e. The van der Waals surface area contributed by atoms with Gasteiger partial charge in [0.15, 0.2) is 0 Å². The van der Waals surface area contributed by atoms with E-state index < -0.39 is 0 Å². The molecule has 0 spiro atoms. The zero-order valence-corrected chi connectivity index (χ0v) is 11.4. The zero-order chi connectivity index (χ0) is 12.6. The Labute approximate surface area is 111 Å². The molecule has 98 valence electrons. The summed E-state index contributed by atoms with van der Waals surface area (Å²) in [4.78, 5) is 2.53. The molecule has 0 radical (unpaired) electrons. The molecule has 0 amide bonds. The number of nitrogens with one attached hydrogen (secondary N) is 1. The van der Waals surface area contributed by atoms with Gasteiger partial charge in [0.1, 0.15) is 0 Å². The van der Waals surface area contributed by atoms with Crippen LogP contribution in [-0.4, -0.2) is 26.7 Å². The molecule has 0 unspecified atom stereocenters. The van der Waals surface area contributed by atoms with Crippen molar-refractivity contribution in [3.05, 3.63) is 35.9 Å². The van der Waals surface area contributed by atoms with Crippen LogP contribution < -0.4 is 10.2 Å². The molecule has 0 bridgehead atoms. The third-order valence-corrected chi connectivity index (χ3v) is 3.49. The summed E-state index contributed by atoms with van der Waals surface area (Å²) in [5, 5.41) is 3.17. The smallest absolute Gasteiger partial charge is 0.0439 e. The summed E-state index contributed by atoms with van der Waals surface area (Å²) < 4.78 is 0. The normalized spacial score (nSPS) is 16.4. The Morgan fingerprint density at radius 2 is 1.94 bits per heavy atom. The highest BCUT2D eigenvalue weighted by Gasteiger charge is 2.12. The van der Waals surface area contributed by atoms with Gasteiger partial charge in [-0.25, -0.2) is 0 Å². The van der Waals surface area contributed by atoms with Gasteiger partial charge >= 0.3 is 0 Å². The van der Waals surface area contributed by atoms with E-state index in [0.29, 0.717) is 0 Å². The van der Waals surface area contributed by atoms with Crippen molar-refractivity contribution in [2.75, 3.05) is 31.6 Å². The van der Waals surface area contributed by atoms with Crippen molar-refractivity contribution in [2.24, 2.45) is 0 Å². The van der Waals surface area contributed by atoms with Crippen molar-refractivity contribution in [3.63, 3.8) is 0 Å². The quantitative estimate of drug-likeness (QED) is 0.800. The molecular weight excluding hydrogens is 220 g/mol. The van der Waals surface area contributed by atoms with Crippen LogP contribution in [0.15, 0.2) is 30.3 Å². The Hall–Kier alpha value is -1.28. The molecule has 1 aromatic rings. The van der Waals surface area contributed by atoms with Crippen LogP contribution in [0.5, 0.6) is 0 Å². The Kier molecular flexibility index (Phi) is 5.28. The number of piperidine rings is 1. The van der Waals surface area contributed by atoms with Gasteiger partial charge in [0.25, 0.3) is 0 Å². The number of benzene rings is 1. The SMILES string of the molecule is CNCCC=Cc1ccccc1N1CCCCC1. The lowest BCUT2D eigenvalue weighted by atomic mass is 10.1. The van der Waals surface area contributed by atoms with Crippen molar-refractivity contribution in [3.8, 4) is 0 Å². The van der Waals surface area contributed by atoms with Gasteiger partial charge in [0.05, 0.1) is 0 Å². The molecule has 2 heteroatoms. The molecule has 0 saturated carbocycles. The summed E-state index contributed by atoms with van der Waals surface area (Å²) in [6.07, 6.45) is 9.66. The summed E-state index contributed by atoms with van der Waals surface area (Å²) >= 11 is 0. The van der Waals surface area contributed by atoms with E-state index in [1.54, 1.807) is 0 Å². The van der Waals surface area contributed by atoms with E-state index in [4.69, 9.17) is 0 Å². The van der Waals surface area contributed by atoms with Crippen LogP contribution in [0.1, 0.15) is 31.2 Å². The molecule has 1 aromatic carbocycles. The molecule has 2 nitrogen and oxygen atoms in total. The van der Waals surface area contributed by atoms with Crippen molar-refractivity contribution in [1.29, 1.82) is 0 Å². The maximum atomic E-state index is 3.17. The molecule has 1 saturated heterocycles. The number of nitrogens with zero attached hydrogens (tertiary/aromatic N) is 1. The molecule has 0 aliphatic carbocycles. The maximum absolute atomic E-state index is 3.17. The molecule has 1 heterocycles. The van der Waals surface area contributed by atoms with Crippen LogP contribution in [-0.2, 0) is 0 Å². The van der Waals surface area contributed by atoms with Crippen LogP contribution in [0.25, 0.3) is 6.08 Å². The number of hydrogen-bond donors (Lipinski definition) is 1. The molecular formula is C16H24N2. The van der Waals surface area contributed by atoms with Gasteiger partial charge in [-0.3, -0.25) is 0 Å². The summed E-state index contributed by atoms with van der Waals surface area (Å²) in [5.41, 5.74) is 2.76. The predicted octanol–water partition coefficient (Wildman–Crippen LogP) is 3.30. The molecule has 1 aliphatic rings. The van der Waals surface area contributed by atoms with Gasteiger partial charge in [-0.05, 0) is 50.9 Å². The average molecular weight is 244 g/mol. The van der Waals surface area contributed by atoms with Crippen molar-refractivity contribution in [1.82, 2.24) is 5.32 Å². The molecule has 0 atom stereocenters. The number of hydrogen-bond acceptors (Lipinski definition) is 2. The van der Waals surface area contributed by atoms with Crippen LogP contribution in [0, 0.1) is 0 Å². The van der Waals surface area contributed by atoms with Gasteiger partial charge in [-0.15, -0.1) is 0 Å². The first kappa shape index (κ1) is 13.2. The molecule has 1 N–H and O–H groups in total. The Morgan fingerprint density at radius 1 is 1.17 bits per heavy atom. The molecule has 2 rings (SSSR count). The lowest BCUT2D eigenvalue weighted by Crippen LogP contribution is -2.29. The fraction of sp³-hybridized carbons (Fsp3) is 0.500. The minimum absolute atomic E-state index is 1.04. The number of para-hydroxylation sites is 1. The van der Waals surface area contributed by atoms with Crippen molar-refractivity contribution >= 4 is 11.8 Å². The molecule has 0 aromatic heterocycles. The highest BCUT2D eigenvalue weighted by atomic mass is 15.1. The summed E-state index contributed by atoms with van der Waals surface area (Å²) in [6.45, 7) is 3.46. The summed E-state index contributed by atoms with van der Waals surface area (Å²) in [5.74, 6) is 0. The van der Waals surface area contributed by atoms with Crippen molar-refractivity contribution < 1.29 is 0 Å². The van der Waals surface area contributed by atoms with E-state index in [9.17, 15) is 0 Å². The second-order valence-corrected chi connectivity index (χ2v) is 4.90. The van der Waals surface area contributed by atoms with Gasteiger partial charge in [0.2, 0.25) is 0 Å². The van der Waals surface area contributed by atoms with Crippen molar-refractivity contribution in [2.45, 2.75) is 25.7 Å². The monoisotopic (exact) mass is 244 g/mol. The van der Waals surface area contributed by atoms with Crippen LogP contribution in [0.3, 0.4) is 0 Å². The molecule has 1 aliphatic heterocycles. The van der Waals surface area contributed by atoms with E-state index in [1.807, 2.05) is 7.05 Å². The fourth-order valence-electron chi connectivity index (χ4n) is 2.49. The van der Waals surface area contributed by atoms with Gasteiger partial charge in [0, 0.05) is 18.8 Å². The highest BCUT2D eigenvalue weighted by Crippen LogP contribution is 2.25. The third-order valence-electron chi connectivity index (χ3n) is 3.49. The molecule has 1 fully saturated rings. The predicted molar refractivity (Wildman–Crippen MR) is 80.1 cm³/mol. The minimum Gasteiger partial charge on any atom is -0.371 e. The molecule has 18 heavy (non-hydrogen) atoms. The maximum Gasteiger partial charge on any atom is 0.0439 e. The average Bonchev–Trinajstić information content (AvgIpc) is 2.45. The fourth-order valence-corrected chi connectivity index (χ4v) is 2.49. The Bertz CT molecular complexity index is 378. The lowest BCUT2D eigenvalue weighted by Gasteiger charge is -2.30. The first-order chi connectivity index (χ1) is 8.92. The van der Waals surface area contributed by atoms with Crippen LogP contribution in [0.2, 0.25) is 0 Å². The van der Waals surface area contributed by atoms with Crippen LogP contribution >= 0.6 is 0 Å². The van der Waals surface area contributed by atoms with Gasteiger partial charge in [-0.2, -0.15) is 0 Å². The Balaban J connectivity index is 2.06. The Morgan fingerprint density at radius 3 is 2.72 bits per heavy atom. The second kappa shape index (κ2) is 7.22. The first-order valence-corrected chi connectivity index (χ1v) is 7.07. The highest BCUT2D eigenvalue weighted by molar-refractivity contribution is 5.67. The number of anilines is 1. The standard InChI is InChI=1S/C16H24N2/c1-17-12-6-5-10-15-9-3-4-11-16(15)18-13-7-2-8-14-18/h3-5,9-11,17H,2,6-8,12-14H2,1H3. The van der Waals surface area contributed by atoms with Gasteiger partial charge in [-0.1, -0.05) is 30.4 Å². The zero-order valence-electron chi connectivity index (χ0n) is 11.4. The van der Waals surface area contributed by atoms with E-state index in [0.717, 1.165) is 13.0 Å². The third kappa shape index (κ3) is 3.61. The lowest BCUT2D eigenvalue weighted by molar-refractivity contribution is 0.577. The minimum atomic E-state index is 1.04. The topological polar surface area (TPSA) is 15.3 Å². The summed E-state index contributed by atoms with van der Waals surface area (Å²) in [6, 6.07) is 8.75. The first-order valence-electron chi connectivity index (χ1n) is 7.07. The van der Waals surface area contributed by atoms with E-state index in [2.05, 4.69) is 46.6 Å². The summed E-state index contributed by atoms with van der Waals surface area (Å²) in [7, 11) is 2.00. The van der Waals surface area contributed by atoms with E-state index in [1.165, 1.54) is 43.6 Å². The van der Waals surface area contributed by atoms with E-state index >= 15 is 0 Å². The van der Waals surface area contributed by atoms with Gasteiger partial charge < -0.3 is 10.2 Å². The number of rotatable bonds is 5. The van der Waals surface area contributed by atoms with E-state index in [-0.39, 0.29) is 0 Å².